The van der Waals surface area contributed by atoms with Crippen LogP contribution >= 0.6 is 0 Å². The van der Waals surface area contributed by atoms with Gasteiger partial charge < -0.3 is 10.4 Å². The molecule has 0 aromatic rings. The van der Waals surface area contributed by atoms with Crippen LogP contribution in [0, 0.1) is 0 Å². The molecule has 7 nitrogen and oxygen atoms in total. The first kappa shape index (κ1) is 14.3. The van der Waals surface area contributed by atoms with E-state index in [2.05, 4.69) is 5.32 Å². The van der Waals surface area contributed by atoms with Crippen molar-refractivity contribution in [3.05, 3.63) is 0 Å². The van der Waals surface area contributed by atoms with Crippen molar-refractivity contribution in [1.29, 1.82) is 0 Å². The Morgan fingerprint density at radius 1 is 1.26 bits per heavy atom. The molecule has 108 valence electrons. The zero-order chi connectivity index (χ0) is 14.1. The summed E-state index contributed by atoms with van der Waals surface area (Å²) in [5, 5.41) is 11.6. The van der Waals surface area contributed by atoms with Gasteiger partial charge in [-0.15, -0.1) is 0 Å². The highest BCUT2D eigenvalue weighted by atomic mass is 32.2. The normalized spacial score (nSPS) is 24.6. The first-order valence-electron chi connectivity index (χ1n) is 6.38. The summed E-state index contributed by atoms with van der Waals surface area (Å²) < 4.78 is 24.4. The Hall–Kier alpha value is -1.15. The molecule has 0 radical (unpaired) electrons. The van der Waals surface area contributed by atoms with Gasteiger partial charge in [-0.25, -0.2) is 17.5 Å². The number of sulfonamides is 1. The van der Waals surface area contributed by atoms with Gasteiger partial charge in [-0.1, -0.05) is 0 Å². The molecule has 2 N–H and O–H groups in total. The number of aliphatic carboxylic acids is 1. The number of hydrogen-bond donors (Lipinski definition) is 2. The number of carboxylic acids is 1. The van der Waals surface area contributed by atoms with Crippen LogP contribution in [0.2, 0.25) is 0 Å². The van der Waals surface area contributed by atoms with E-state index in [1.54, 1.807) is 0 Å². The van der Waals surface area contributed by atoms with Crippen LogP contribution in [0.25, 0.3) is 0 Å². The Balaban J connectivity index is 1.84. The highest BCUT2D eigenvalue weighted by Crippen LogP contribution is 2.32. The quantitative estimate of drug-likeness (QED) is 0.713. The number of rotatable bonds is 5. The molecule has 8 heteroatoms. The second kappa shape index (κ2) is 5.09. The summed E-state index contributed by atoms with van der Waals surface area (Å²) in [5.74, 6) is -1.28. The van der Waals surface area contributed by atoms with Crippen molar-refractivity contribution in [2.45, 2.75) is 37.6 Å². The number of nitrogens with zero attached hydrogens (tertiary/aromatic N) is 1. The van der Waals surface area contributed by atoms with Crippen molar-refractivity contribution in [1.82, 2.24) is 9.62 Å². The summed E-state index contributed by atoms with van der Waals surface area (Å²) in [4.78, 5) is 22.8. The summed E-state index contributed by atoms with van der Waals surface area (Å²) >= 11 is 0. The van der Waals surface area contributed by atoms with Gasteiger partial charge in [0.1, 0.15) is 5.54 Å². The third-order valence-corrected chi connectivity index (χ3v) is 5.74. The lowest BCUT2D eigenvalue weighted by Gasteiger charge is -2.38. The highest BCUT2D eigenvalue weighted by molar-refractivity contribution is 7.89. The Bertz CT molecular complexity index is 483. The fourth-order valence-electron chi connectivity index (χ4n) is 2.42. The molecule has 1 saturated heterocycles. The van der Waals surface area contributed by atoms with Crippen LogP contribution in [-0.2, 0) is 19.6 Å². The van der Waals surface area contributed by atoms with Gasteiger partial charge >= 0.3 is 5.97 Å². The van der Waals surface area contributed by atoms with E-state index in [4.69, 9.17) is 5.11 Å². The maximum atomic E-state index is 11.7. The molecule has 0 unspecified atom stereocenters. The van der Waals surface area contributed by atoms with E-state index in [1.807, 2.05) is 0 Å². The molecule has 0 bridgehead atoms. The maximum absolute atomic E-state index is 11.7. The predicted molar refractivity (Wildman–Crippen MR) is 67.0 cm³/mol. The first-order valence-corrected chi connectivity index (χ1v) is 7.99. The molecule has 1 aliphatic carbocycles. The molecule has 2 aliphatic rings. The molecule has 2 rings (SSSR count). The molecule has 19 heavy (non-hydrogen) atoms. The number of carbonyl (C=O) groups is 2. The van der Waals surface area contributed by atoms with E-state index in [0.29, 0.717) is 25.8 Å². The molecule has 0 atom stereocenters. The summed E-state index contributed by atoms with van der Waals surface area (Å²) in [7, 11) is -3.20. The van der Waals surface area contributed by atoms with Crippen LogP contribution in [0.3, 0.4) is 0 Å². The van der Waals surface area contributed by atoms with Gasteiger partial charge in [0.25, 0.3) is 0 Å². The Morgan fingerprint density at radius 2 is 1.95 bits per heavy atom. The van der Waals surface area contributed by atoms with Gasteiger partial charge in [-0.05, 0) is 25.7 Å². The number of carbonyl (C=O) groups excluding carboxylic acids is 1. The van der Waals surface area contributed by atoms with E-state index in [1.165, 1.54) is 4.31 Å². The van der Waals surface area contributed by atoms with Crippen LogP contribution in [0.5, 0.6) is 0 Å². The molecule has 1 aliphatic heterocycles. The second-order valence-corrected chi connectivity index (χ2v) is 7.20. The molecule has 0 aromatic carbocycles. The van der Waals surface area contributed by atoms with Gasteiger partial charge in [0.2, 0.25) is 15.9 Å². The van der Waals surface area contributed by atoms with Crippen molar-refractivity contribution in [2.75, 3.05) is 18.8 Å². The Labute approximate surface area is 112 Å². The maximum Gasteiger partial charge on any atom is 0.329 e. The van der Waals surface area contributed by atoms with Crippen molar-refractivity contribution in [3.63, 3.8) is 0 Å². The monoisotopic (exact) mass is 290 g/mol. The summed E-state index contributed by atoms with van der Waals surface area (Å²) in [6.45, 7) is 0.573. The van der Waals surface area contributed by atoms with Gasteiger partial charge in [-0.3, -0.25) is 4.79 Å². The van der Waals surface area contributed by atoms with Crippen molar-refractivity contribution >= 4 is 21.9 Å². The van der Waals surface area contributed by atoms with Crippen LogP contribution in [-0.4, -0.2) is 54.1 Å². The van der Waals surface area contributed by atoms with Crippen molar-refractivity contribution in [3.8, 4) is 0 Å². The molecule has 0 spiro atoms. The van der Waals surface area contributed by atoms with Crippen molar-refractivity contribution in [2.24, 2.45) is 0 Å². The fourth-order valence-corrected chi connectivity index (χ4v) is 3.95. The molecular weight excluding hydrogens is 272 g/mol. The second-order valence-electron chi connectivity index (χ2n) is 5.11. The lowest BCUT2D eigenvalue weighted by atomic mass is 9.76. The third kappa shape index (κ3) is 2.89. The average molecular weight is 290 g/mol. The topological polar surface area (TPSA) is 104 Å². The lowest BCUT2D eigenvalue weighted by molar-refractivity contribution is -0.151. The zero-order valence-electron chi connectivity index (χ0n) is 10.6. The van der Waals surface area contributed by atoms with E-state index in [9.17, 15) is 18.0 Å². The fraction of sp³-hybridized carbons (Fsp3) is 0.818. The largest absolute Gasteiger partial charge is 0.480 e. The van der Waals surface area contributed by atoms with E-state index >= 15 is 0 Å². The molecule has 1 amide bonds. The molecule has 1 heterocycles. The zero-order valence-corrected chi connectivity index (χ0v) is 11.4. The van der Waals surface area contributed by atoms with Gasteiger partial charge in [0.05, 0.1) is 5.75 Å². The van der Waals surface area contributed by atoms with Crippen LogP contribution in [0.15, 0.2) is 0 Å². The first-order chi connectivity index (χ1) is 8.86. The number of amides is 1. The smallest absolute Gasteiger partial charge is 0.329 e. The van der Waals surface area contributed by atoms with E-state index in [-0.39, 0.29) is 18.7 Å². The van der Waals surface area contributed by atoms with Crippen molar-refractivity contribution < 1.29 is 23.1 Å². The SMILES string of the molecule is O=C(CCN1CCCS1(=O)=O)NC1(C(=O)O)CCC1. The lowest BCUT2D eigenvalue weighted by Crippen LogP contribution is -2.59. The predicted octanol–water partition coefficient (Wildman–Crippen LogP) is -0.464. The minimum Gasteiger partial charge on any atom is -0.480 e. The molecule has 2 fully saturated rings. The van der Waals surface area contributed by atoms with E-state index in [0.717, 1.165) is 6.42 Å². The minimum atomic E-state index is -3.20. The van der Waals surface area contributed by atoms with Gasteiger partial charge in [-0.2, -0.15) is 0 Å². The van der Waals surface area contributed by atoms with Gasteiger partial charge in [0.15, 0.2) is 0 Å². The van der Waals surface area contributed by atoms with Crippen LogP contribution in [0.1, 0.15) is 32.1 Å². The molecule has 0 aromatic heterocycles. The number of carboxylic acid groups (broad SMARTS) is 1. The Morgan fingerprint density at radius 3 is 2.37 bits per heavy atom. The number of hydrogen-bond acceptors (Lipinski definition) is 4. The summed E-state index contributed by atoms with van der Waals surface area (Å²) in [6.07, 6.45) is 2.26. The highest BCUT2D eigenvalue weighted by Gasteiger charge is 2.45. The standard InChI is InChI=1S/C11H18N2O5S/c14-9(12-11(10(15)16)4-1-5-11)3-7-13-6-2-8-19(13,17)18/h1-8H2,(H,12,14)(H,15,16). The summed E-state index contributed by atoms with van der Waals surface area (Å²) in [6, 6.07) is 0. The van der Waals surface area contributed by atoms with Gasteiger partial charge in [0, 0.05) is 19.5 Å². The summed E-state index contributed by atoms with van der Waals surface area (Å²) in [5.41, 5.74) is -1.12. The average Bonchev–Trinajstić information content (AvgIpc) is 2.59. The Kier molecular flexibility index (Phi) is 3.82. The van der Waals surface area contributed by atoms with E-state index < -0.39 is 27.4 Å². The molecule has 1 saturated carbocycles. The third-order valence-electron chi connectivity index (χ3n) is 3.79. The minimum absolute atomic E-state index is 0.00819. The van der Waals surface area contributed by atoms with Crippen LogP contribution in [0.4, 0.5) is 0 Å². The molecular formula is C11H18N2O5S. The number of nitrogens with one attached hydrogen (secondary N) is 1. The van der Waals surface area contributed by atoms with Crippen LogP contribution < -0.4 is 5.32 Å².